The zero-order valence-electron chi connectivity index (χ0n) is 9.82. The number of carbonyl (C=O) groups is 1. The summed E-state index contributed by atoms with van der Waals surface area (Å²) in [7, 11) is 0. The molecule has 0 radical (unpaired) electrons. The average molecular weight is 295 g/mol. The molecule has 0 saturated heterocycles. The summed E-state index contributed by atoms with van der Waals surface area (Å²) in [5.41, 5.74) is -0.635. The van der Waals surface area contributed by atoms with Crippen molar-refractivity contribution in [2.24, 2.45) is 0 Å². The quantitative estimate of drug-likeness (QED) is 0.686. The molecule has 1 heterocycles. The molecular formula is C12H7ClN2O5. The highest BCUT2D eigenvalue weighted by atomic mass is 35.5. The number of rotatable bonds is 4. The number of hydrogen-bond acceptors (Lipinski definition) is 5. The molecule has 0 atom stereocenters. The van der Waals surface area contributed by atoms with E-state index in [1.165, 1.54) is 30.3 Å². The van der Waals surface area contributed by atoms with Gasteiger partial charge in [-0.2, -0.15) is 0 Å². The van der Waals surface area contributed by atoms with E-state index in [-0.39, 0.29) is 28.0 Å². The summed E-state index contributed by atoms with van der Waals surface area (Å²) in [5, 5.41) is 19.7. The largest absolute Gasteiger partial charge is 0.476 e. The number of hydrogen-bond donors (Lipinski definition) is 1. The van der Waals surface area contributed by atoms with Crippen LogP contribution in [0.5, 0.6) is 11.6 Å². The number of halogens is 1. The van der Waals surface area contributed by atoms with Gasteiger partial charge in [0.05, 0.1) is 9.95 Å². The summed E-state index contributed by atoms with van der Waals surface area (Å²) in [6.45, 7) is 0. The van der Waals surface area contributed by atoms with Crippen LogP contribution in [0.15, 0.2) is 36.4 Å². The summed E-state index contributed by atoms with van der Waals surface area (Å²) in [6, 6.07) is 8.31. The second-order valence-corrected chi connectivity index (χ2v) is 4.02. The second-order valence-electron chi connectivity index (χ2n) is 3.61. The van der Waals surface area contributed by atoms with Crippen molar-refractivity contribution in [1.82, 2.24) is 4.98 Å². The summed E-state index contributed by atoms with van der Waals surface area (Å²) in [4.78, 5) is 24.8. The Bertz CT molecular complexity index is 689. The Morgan fingerprint density at radius 3 is 2.65 bits per heavy atom. The number of carboxylic acids is 1. The molecule has 0 bridgehead atoms. The van der Waals surface area contributed by atoms with Crippen LogP contribution in [-0.4, -0.2) is 21.0 Å². The van der Waals surface area contributed by atoms with Crippen LogP contribution < -0.4 is 4.74 Å². The second kappa shape index (κ2) is 5.54. The number of aromatic carboxylic acids is 1. The van der Waals surface area contributed by atoms with E-state index in [0.717, 1.165) is 0 Å². The number of nitro benzene ring substituents is 1. The fourth-order valence-electron chi connectivity index (χ4n) is 1.44. The van der Waals surface area contributed by atoms with Crippen LogP contribution in [0.3, 0.4) is 0 Å². The van der Waals surface area contributed by atoms with Crippen molar-refractivity contribution in [3.8, 4) is 11.6 Å². The van der Waals surface area contributed by atoms with Crippen LogP contribution in [0.1, 0.15) is 10.5 Å². The molecule has 0 spiro atoms. The predicted octanol–water partition coefficient (Wildman–Crippen LogP) is 3.13. The highest BCUT2D eigenvalue weighted by molar-refractivity contribution is 6.33. The van der Waals surface area contributed by atoms with Crippen LogP contribution in [-0.2, 0) is 0 Å². The normalized spacial score (nSPS) is 10.1. The van der Waals surface area contributed by atoms with Gasteiger partial charge in [0, 0.05) is 12.1 Å². The Balaban J connectivity index is 2.38. The van der Waals surface area contributed by atoms with Gasteiger partial charge in [0.2, 0.25) is 11.6 Å². The predicted molar refractivity (Wildman–Crippen MR) is 69.4 cm³/mol. The van der Waals surface area contributed by atoms with Crippen molar-refractivity contribution in [2.75, 3.05) is 0 Å². The molecule has 2 aromatic rings. The topological polar surface area (TPSA) is 103 Å². The number of ether oxygens (including phenoxy) is 1. The smallest absolute Gasteiger partial charge is 0.356 e. The highest BCUT2D eigenvalue weighted by Gasteiger charge is 2.17. The molecule has 1 aromatic carbocycles. The molecule has 20 heavy (non-hydrogen) atoms. The van der Waals surface area contributed by atoms with Gasteiger partial charge in [-0.3, -0.25) is 10.1 Å². The lowest BCUT2D eigenvalue weighted by Gasteiger charge is -2.06. The lowest BCUT2D eigenvalue weighted by Crippen LogP contribution is -2.03. The maximum absolute atomic E-state index is 10.9. The van der Waals surface area contributed by atoms with Crippen molar-refractivity contribution in [2.45, 2.75) is 0 Å². The zero-order valence-corrected chi connectivity index (χ0v) is 10.6. The van der Waals surface area contributed by atoms with Crippen molar-refractivity contribution in [3.05, 3.63) is 57.2 Å². The van der Waals surface area contributed by atoms with Crippen molar-refractivity contribution >= 4 is 23.3 Å². The first-order valence-corrected chi connectivity index (χ1v) is 5.68. The SMILES string of the molecule is O=C(O)c1nc(Oc2ccccc2[N+](=O)[O-])ccc1Cl. The maximum Gasteiger partial charge on any atom is 0.356 e. The van der Waals surface area contributed by atoms with Crippen LogP contribution in [0.2, 0.25) is 5.02 Å². The number of aromatic nitrogens is 1. The van der Waals surface area contributed by atoms with Crippen LogP contribution in [0, 0.1) is 10.1 Å². The van der Waals surface area contributed by atoms with E-state index in [9.17, 15) is 14.9 Å². The molecule has 102 valence electrons. The molecular weight excluding hydrogens is 288 g/mol. The Labute approximate surface area is 117 Å². The van der Waals surface area contributed by atoms with Gasteiger partial charge in [-0.1, -0.05) is 23.7 Å². The minimum Gasteiger partial charge on any atom is -0.476 e. The minimum absolute atomic E-state index is 0.0383. The molecule has 1 N–H and O–H groups in total. The van der Waals surface area contributed by atoms with E-state index in [1.54, 1.807) is 6.07 Å². The van der Waals surface area contributed by atoms with E-state index < -0.39 is 10.9 Å². The lowest BCUT2D eigenvalue weighted by molar-refractivity contribution is -0.385. The van der Waals surface area contributed by atoms with E-state index >= 15 is 0 Å². The molecule has 0 fully saturated rings. The summed E-state index contributed by atoms with van der Waals surface area (Å²) < 4.78 is 5.24. The maximum atomic E-state index is 10.9. The van der Waals surface area contributed by atoms with Gasteiger partial charge in [-0.25, -0.2) is 9.78 Å². The van der Waals surface area contributed by atoms with Gasteiger partial charge >= 0.3 is 11.7 Å². The summed E-state index contributed by atoms with van der Waals surface area (Å²) >= 11 is 5.67. The number of para-hydroxylation sites is 2. The Morgan fingerprint density at radius 2 is 2.00 bits per heavy atom. The monoisotopic (exact) mass is 294 g/mol. The minimum atomic E-state index is -1.32. The van der Waals surface area contributed by atoms with E-state index in [2.05, 4.69) is 4.98 Å². The average Bonchev–Trinajstić information content (AvgIpc) is 2.41. The van der Waals surface area contributed by atoms with Gasteiger partial charge in [0.15, 0.2) is 5.69 Å². The number of nitro groups is 1. The zero-order chi connectivity index (χ0) is 14.7. The third-order valence-electron chi connectivity index (χ3n) is 2.30. The number of pyridine rings is 1. The molecule has 2 rings (SSSR count). The Hall–Kier alpha value is -2.67. The third kappa shape index (κ3) is 2.83. The van der Waals surface area contributed by atoms with Gasteiger partial charge < -0.3 is 9.84 Å². The first-order chi connectivity index (χ1) is 9.49. The fraction of sp³-hybridized carbons (Fsp3) is 0. The molecule has 0 aliphatic heterocycles. The first kappa shape index (κ1) is 13.8. The first-order valence-electron chi connectivity index (χ1n) is 5.30. The summed E-state index contributed by atoms with van der Waals surface area (Å²) in [6.07, 6.45) is 0. The molecule has 0 aliphatic rings. The molecule has 8 heteroatoms. The van der Waals surface area contributed by atoms with E-state index in [4.69, 9.17) is 21.4 Å². The molecule has 0 aliphatic carbocycles. The molecule has 1 aromatic heterocycles. The van der Waals surface area contributed by atoms with Gasteiger partial charge in [-0.15, -0.1) is 0 Å². The van der Waals surface area contributed by atoms with Crippen LogP contribution in [0.25, 0.3) is 0 Å². The standard InChI is InChI=1S/C12H7ClN2O5/c13-7-5-6-10(14-11(7)12(16)17)20-9-4-2-1-3-8(9)15(18)19/h1-6H,(H,16,17). The van der Waals surface area contributed by atoms with Crippen LogP contribution in [0.4, 0.5) is 5.69 Å². The highest BCUT2D eigenvalue weighted by Crippen LogP contribution is 2.30. The molecule has 7 nitrogen and oxygen atoms in total. The van der Waals surface area contributed by atoms with Crippen LogP contribution >= 0.6 is 11.6 Å². The Kier molecular flexibility index (Phi) is 3.81. The molecule has 0 amide bonds. The molecule has 0 saturated carbocycles. The Morgan fingerprint density at radius 1 is 1.30 bits per heavy atom. The molecule has 0 unspecified atom stereocenters. The number of benzene rings is 1. The van der Waals surface area contributed by atoms with Crippen molar-refractivity contribution in [1.29, 1.82) is 0 Å². The van der Waals surface area contributed by atoms with Crippen molar-refractivity contribution < 1.29 is 19.6 Å². The number of carboxylic acid groups (broad SMARTS) is 1. The summed E-state index contributed by atoms with van der Waals surface area (Å²) in [5.74, 6) is -1.45. The van der Waals surface area contributed by atoms with E-state index in [0.29, 0.717) is 0 Å². The van der Waals surface area contributed by atoms with Gasteiger partial charge in [-0.05, 0) is 12.1 Å². The van der Waals surface area contributed by atoms with E-state index in [1.807, 2.05) is 0 Å². The fourth-order valence-corrected chi connectivity index (χ4v) is 1.62. The number of nitrogens with zero attached hydrogens (tertiary/aromatic N) is 2. The third-order valence-corrected chi connectivity index (χ3v) is 2.60. The van der Waals surface area contributed by atoms with Crippen molar-refractivity contribution in [3.63, 3.8) is 0 Å². The van der Waals surface area contributed by atoms with Gasteiger partial charge in [0.25, 0.3) is 0 Å². The van der Waals surface area contributed by atoms with Gasteiger partial charge in [0.1, 0.15) is 0 Å². The lowest BCUT2D eigenvalue weighted by atomic mass is 10.3.